The number of H-pyrrole nitrogens is 1. The summed E-state index contributed by atoms with van der Waals surface area (Å²) in [6.45, 7) is 5.15. The predicted molar refractivity (Wildman–Crippen MR) is 93.4 cm³/mol. The molecule has 3 rings (SSSR count). The first-order chi connectivity index (χ1) is 12.6. The first kappa shape index (κ1) is 17.9. The lowest BCUT2D eigenvalue weighted by atomic mass is 10.0. The topological polar surface area (TPSA) is 108 Å². The van der Waals surface area contributed by atoms with Crippen molar-refractivity contribution in [3.63, 3.8) is 0 Å². The first-order valence-electron chi connectivity index (χ1n) is 8.74. The van der Waals surface area contributed by atoms with Crippen LogP contribution in [0.1, 0.15) is 41.9 Å². The van der Waals surface area contributed by atoms with Crippen LogP contribution < -0.4 is 4.74 Å². The van der Waals surface area contributed by atoms with E-state index in [1.807, 2.05) is 24.8 Å². The molecule has 1 aliphatic heterocycles. The highest BCUT2D eigenvalue weighted by Crippen LogP contribution is 2.20. The van der Waals surface area contributed by atoms with Gasteiger partial charge < -0.3 is 9.64 Å². The van der Waals surface area contributed by atoms with Gasteiger partial charge in [-0.25, -0.2) is 9.97 Å². The van der Waals surface area contributed by atoms with Crippen LogP contribution >= 0.6 is 0 Å². The molecule has 0 saturated carbocycles. The molecule has 2 aromatic rings. The molecule has 8 nitrogen and oxygen atoms in total. The minimum absolute atomic E-state index is 0.109. The van der Waals surface area contributed by atoms with Gasteiger partial charge in [0.2, 0.25) is 11.6 Å². The Kier molecular flexibility index (Phi) is 5.46. The highest BCUT2D eigenvalue weighted by atomic mass is 16.5. The van der Waals surface area contributed by atoms with E-state index in [4.69, 9.17) is 10.00 Å². The van der Waals surface area contributed by atoms with Crippen LogP contribution in [0.15, 0.2) is 12.4 Å². The number of carbonyl (C=O) groups is 1. The van der Waals surface area contributed by atoms with Crippen molar-refractivity contribution in [2.75, 3.05) is 13.1 Å². The quantitative estimate of drug-likeness (QED) is 0.875. The summed E-state index contributed by atoms with van der Waals surface area (Å²) in [6, 6.07) is 1.98. The number of nitrogens with one attached hydrogen (secondary N) is 1. The number of nitriles is 1. The minimum atomic E-state index is -0.172. The number of aromatic nitrogens is 4. The summed E-state index contributed by atoms with van der Waals surface area (Å²) >= 11 is 0. The van der Waals surface area contributed by atoms with Crippen LogP contribution in [0.2, 0.25) is 0 Å². The van der Waals surface area contributed by atoms with Crippen molar-refractivity contribution in [2.45, 2.75) is 45.6 Å². The Morgan fingerprint density at radius 2 is 2.23 bits per heavy atom. The zero-order valence-corrected chi connectivity index (χ0v) is 15.0. The molecule has 0 aliphatic carbocycles. The van der Waals surface area contributed by atoms with E-state index in [1.165, 1.54) is 12.4 Å². The number of likely N-dealkylation sites (tertiary alicyclic amines) is 1. The zero-order chi connectivity index (χ0) is 18.5. The molecule has 26 heavy (non-hydrogen) atoms. The van der Waals surface area contributed by atoms with Crippen LogP contribution in [-0.4, -0.2) is 50.2 Å². The number of hydrogen-bond donors (Lipinski definition) is 1. The van der Waals surface area contributed by atoms with Gasteiger partial charge in [0.1, 0.15) is 12.2 Å². The second-order valence-electron chi connectivity index (χ2n) is 6.46. The molecule has 0 bridgehead atoms. The Balaban J connectivity index is 1.58. The summed E-state index contributed by atoms with van der Waals surface area (Å²) in [7, 11) is 0. The highest BCUT2D eigenvalue weighted by molar-refractivity contribution is 5.76. The smallest absolute Gasteiger partial charge is 0.251 e. The fraction of sp³-hybridized carbons (Fsp3) is 0.500. The third-order valence-corrected chi connectivity index (χ3v) is 4.65. The third kappa shape index (κ3) is 3.99. The number of hydrogen-bond acceptors (Lipinski definition) is 6. The second-order valence-corrected chi connectivity index (χ2v) is 6.46. The number of nitrogens with zero attached hydrogens (tertiary/aromatic N) is 5. The van der Waals surface area contributed by atoms with Crippen molar-refractivity contribution in [1.82, 2.24) is 25.1 Å². The van der Waals surface area contributed by atoms with E-state index in [0.29, 0.717) is 19.4 Å². The zero-order valence-electron chi connectivity index (χ0n) is 15.0. The lowest BCUT2D eigenvalue weighted by Gasteiger charge is -2.32. The molecule has 3 heterocycles. The van der Waals surface area contributed by atoms with E-state index < -0.39 is 0 Å². The van der Waals surface area contributed by atoms with Gasteiger partial charge >= 0.3 is 0 Å². The van der Waals surface area contributed by atoms with Crippen molar-refractivity contribution in [3.05, 3.63) is 35.0 Å². The summed E-state index contributed by atoms with van der Waals surface area (Å²) < 4.78 is 5.84. The van der Waals surface area contributed by atoms with Crippen molar-refractivity contribution >= 4 is 5.91 Å². The average Bonchev–Trinajstić information content (AvgIpc) is 2.98. The lowest BCUT2D eigenvalue weighted by Crippen LogP contribution is -2.44. The number of ether oxygens (including phenoxy) is 1. The molecular weight excluding hydrogens is 332 g/mol. The molecule has 0 spiro atoms. The number of carbonyl (C=O) groups excluding carboxylic acids is 1. The number of rotatable bonds is 5. The molecule has 1 fully saturated rings. The summed E-state index contributed by atoms with van der Waals surface area (Å²) in [5.74, 6) is 0.344. The number of amides is 1. The van der Waals surface area contributed by atoms with Gasteiger partial charge in [0, 0.05) is 31.1 Å². The number of aryl methyl sites for hydroxylation is 2. The predicted octanol–water partition coefficient (Wildman–Crippen LogP) is 1.69. The standard InChI is InChI=1S/C18H22N6O2/c1-12-15(13(2)23-22-12)5-6-17(25)24-9-3-4-14(11-24)26-18-16(10-19)20-7-8-21-18/h7-8,14H,3-6,9,11H2,1-2H3,(H,22,23)/t14-/m0/s1. The van der Waals surface area contributed by atoms with Gasteiger partial charge in [0.15, 0.2) is 0 Å². The monoisotopic (exact) mass is 354 g/mol. The molecule has 1 amide bonds. The molecule has 2 aromatic heterocycles. The molecule has 8 heteroatoms. The van der Waals surface area contributed by atoms with Gasteiger partial charge in [-0.05, 0) is 38.7 Å². The Bertz CT molecular complexity index is 806. The SMILES string of the molecule is Cc1n[nH]c(C)c1CCC(=O)N1CCC[C@H](Oc2nccnc2C#N)C1. The maximum absolute atomic E-state index is 12.6. The molecule has 1 aliphatic rings. The van der Waals surface area contributed by atoms with E-state index in [9.17, 15) is 4.79 Å². The maximum Gasteiger partial charge on any atom is 0.251 e. The Morgan fingerprint density at radius 1 is 1.42 bits per heavy atom. The second kappa shape index (κ2) is 7.95. The van der Waals surface area contributed by atoms with Gasteiger partial charge in [-0.1, -0.05) is 0 Å². The normalized spacial score (nSPS) is 17.0. The van der Waals surface area contributed by atoms with Crippen molar-refractivity contribution in [3.8, 4) is 11.9 Å². The molecule has 0 radical (unpaired) electrons. The van der Waals surface area contributed by atoms with Gasteiger partial charge in [0.05, 0.1) is 12.2 Å². The fourth-order valence-corrected chi connectivity index (χ4v) is 3.24. The highest BCUT2D eigenvalue weighted by Gasteiger charge is 2.26. The van der Waals surface area contributed by atoms with E-state index in [2.05, 4.69) is 20.2 Å². The summed E-state index contributed by atoms with van der Waals surface area (Å²) in [4.78, 5) is 22.5. The summed E-state index contributed by atoms with van der Waals surface area (Å²) in [5.41, 5.74) is 3.24. The Labute approximate surface area is 152 Å². The molecule has 0 unspecified atom stereocenters. The Morgan fingerprint density at radius 3 is 2.96 bits per heavy atom. The first-order valence-corrected chi connectivity index (χ1v) is 8.74. The number of piperidine rings is 1. The van der Waals surface area contributed by atoms with Gasteiger partial charge in [-0.3, -0.25) is 9.89 Å². The lowest BCUT2D eigenvalue weighted by molar-refractivity contribution is -0.133. The molecule has 136 valence electrons. The van der Waals surface area contributed by atoms with E-state index in [1.54, 1.807) is 0 Å². The van der Waals surface area contributed by atoms with E-state index in [0.717, 1.165) is 36.3 Å². The maximum atomic E-state index is 12.6. The van der Waals surface area contributed by atoms with Crippen molar-refractivity contribution in [1.29, 1.82) is 5.26 Å². The summed E-state index contributed by atoms with van der Waals surface area (Å²) in [5, 5.41) is 16.2. The average molecular weight is 354 g/mol. The Hall–Kier alpha value is -2.95. The van der Waals surface area contributed by atoms with Crippen molar-refractivity contribution < 1.29 is 9.53 Å². The largest absolute Gasteiger partial charge is 0.470 e. The number of aromatic amines is 1. The minimum Gasteiger partial charge on any atom is -0.470 e. The van der Waals surface area contributed by atoms with Gasteiger partial charge in [-0.2, -0.15) is 10.4 Å². The van der Waals surface area contributed by atoms with Gasteiger partial charge in [-0.15, -0.1) is 0 Å². The molecular formula is C18H22N6O2. The van der Waals surface area contributed by atoms with E-state index in [-0.39, 0.29) is 23.6 Å². The third-order valence-electron chi connectivity index (χ3n) is 4.65. The van der Waals surface area contributed by atoms with Crippen LogP contribution in [0.4, 0.5) is 0 Å². The van der Waals surface area contributed by atoms with Crippen LogP contribution in [0.25, 0.3) is 0 Å². The molecule has 0 aromatic carbocycles. The van der Waals surface area contributed by atoms with Crippen molar-refractivity contribution in [2.24, 2.45) is 0 Å². The molecule has 1 saturated heterocycles. The van der Waals surface area contributed by atoms with Crippen LogP contribution in [-0.2, 0) is 11.2 Å². The van der Waals surface area contributed by atoms with Crippen LogP contribution in [0.5, 0.6) is 5.88 Å². The van der Waals surface area contributed by atoms with Crippen LogP contribution in [0.3, 0.4) is 0 Å². The molecule has 1 N–H and O–H groups in total. The fourth-order valence-electron chi connectivity index (χ4n) is 3.24. The van der Waals surface area contributed by atoms with Gasteiger partial charge in [0.25, 0.3) is 5.88 Å². The van der Waals surface area contributed by atoms with Crippen LogP contribution in [0, 0.1) is 25.2 Å². The summed E-state index contributed by atoms with van der Waals surface area (Å²) in [6.07, 6.45) is 5.60. The van der Waals surface area contributed by atoms with E-state index >= 15 is 0 Å². The molecule has 1 atom stereocenters.